The van der Waals surface area contributed by atoms with E-state index in [9.17, 15) is 13.2 Å². The van der Waals surface area contributed by atoms with Gasteiger partial charge in [-0.3, -0.25) is 14.5 Å². The van der Waals surface area contributed by atoms with E-state index in [0.29, 0.717) is 18.7 Å². The standard InChI is InChI=1S/C18H23N3O4S2/c1-19(25-2)27(23,24)17-7-5-15(6-8-17)18(22)21-11-9-20(10-12-21)14-16-4-3-13-26-16/h3-8,13H,9-12,14H2,1-2H3. The van der Waals surface area contributed by atoms with E-state index in [2.05, 4.69) is 16.3 Å². The first kappa shape index (κ1) is 20.0. The largest absolute Gasteiger partial charge is 0.336 e. The molecule has 7 nitrogen and oxygen atoms in total. The number of piperazine rings is 1. The van der Waals surface area contributed by atoms with Gasteiger partial charge in [0.1, 0.15) is 0 Å². The molecule has 0 unspecified atom stereocenters. The number of nitrogens with zero attached hydrogens (tertiary/aromatic N) is 3. The van der Waals surface area contributed by atoms with E-state index in [1.54, 1.807) is 23.5 Å². The van der Waals surface area contributed by atoms with E-state index < -0.39 is 10.0 Å². The third kappa shape index (κ3) is 4.56. The molecule has 146 valence electrons. The van der Waals surface area contributed by atoms with Gasteiger partial charge in [0.2, 0.25) is 0 Å². The lowest BCUT2D eigenvalue weighted by Gasteiger charge is -2.34. The Morgan fingerprint density at radius 3 is 2.37 bits per heavy atom. The Kier molecular flexibility index (Phi) is 6.28. The monoisotopic (exact) mass is 409 g/mol. The predicted octanol–water partition coefficient (Wildman–Crippen LogP) is 1.89. The lowest BCUT2D eigenvalue weighted by molar-refractivity contribution is -0.0258. The van der Waals surface area contributed by atoms with Gasteiger partial charge >= 0.3 is 0 Å². The molecule has 2 heterocycles. The maximum Gasteiger partial charge on any atom is 0.264 e. The van der Waals surface area contributed by atoms with Gasteiger partial charge < -0.3 is 4.90 Å². The first-order chi connectivity index (χ1) is 12.9. The minimum Gasteiger partial charge on any atom is -0.336 e. The quantitative estimate of drug-likeness (QED) is 0.682. The number of hydrogen-bond acceptors (Lipinski definition) is 6. The molecule has 0 spiro atoms. The van der Waals surface area contributed by atoms with Crippen molar-refractivity contribution in [2.45, 2.75) is 11.4 Å². The molecule has 3 rings (SSSR count). The molecule has 0 atom stereocenters. The SMILES string of the molecule is CON(C)S(=O)(=O)c1ccc(C(=O)N2CCN(Cc3cccs3)CC2)cc1. The average molecular weight is 410 g/mol. The molecule has 27 heavy (non-hydrogen) atoms. The molecule has 0 radical (unpaired) electrons. The fourth-order valence-corrected chi connectivity index (χ4v) is 4.65. The normalized spacial score (nSPS) is 16.0. The van der Waals surface area contributed by atoms with Crippen molar-refractivity contribution in [1.82, 2.24) is 14.3 Å². The number of thiophene rings is 1. The van der Waals surface area contributed by atoms with E-state index in [1.807, 2.05) is 11.0 Å². The Hall–Kier alpha value is -1.78. The van der Waals surface area contributed by atoms with Gasteiger partial charge in [-0.15, -0.1) is 11.3 Å². The maximum atomic E-state index is 12.7. The van der Waals surface area contributed by atoms with Crippen molar-refractivity contribution in [3.63, 3.8) is 0 Å². The van der Waals surface area contributed by atoms with Gasteiger partial charge in [0.25, 0.3) is 15.9 Å². The minimum absolute atomic E-state index is 0.0742. The van der Waals surface area contributed by atoms with E-state index in [1.165, 1.54) is 31.2 Å². The van der Waals surface area contributed by atoms with Gasteiger partial charge in [0.15, 0.2) is 0 Å². The van der Waals surface area contributed by atoms with Crippen molar-refractivity contribution in [1.29, 1.82) is 0 Å². The van der Waals surface area contributed by atoms with Crippen LogP contribution in [0.4, 0.5) is 0 Å². The van der Waals surface area contributed by atoms with Crippen LogP contribution in [-0.2, 0) is 21.4 Å². The van der Waals surface area contributed by atoms with Gasteiger partial charge in [-0.05, 0) is 35.7 Å². The van der Waals surface area contributed by atoms with Gasteiger partial charge in [0, 0.05) is 50.2 Å². The topological polar surface area (TPSA) is 70.2 Å². The summed E-state index contributed by atoms with van der Waals surface area (Å²) in [6.07, 6.45) is 0. The van der Waals surface area contributed by atoms with Crippen LogP contribution in [0.3, 0.4) is 0 Å². The molecule has 1 amide bonds. The van der Waals surface area contributed by atoms with Gasteiger partial charge in [-0.2, -0.15) is 0 Å². The molecule has 0 N–H and O–H groups in total. The van der Waals surface area contributed by atoms with Crippen LogP contribution in [0.1, 0.15) is 15.2 Å². The number of hydrogen-bond donors (Lipinski definition) is 0. The zero-order valence-corrected chi connectivity index (χ0v) is 17.0. The molecule has 0 saturated carbocycles. The Labute approximate surface area is 163 Å². The molecule has 0 bridgehead atoms. The number of carbonyl (C=O) groups excluding carboxylic acids is 1. The molecule has 1 fully saturated rings. The van der Waals surface area contributed by atoms with Crippen LogP contribution in [0.2, 0.25) is 0 Å². The molecular formula is C18H23N3O4S2. The van der Waals surface area contributed by atoms with E-state index in [-0.39, 0.29) is 10.8 Å². The number of carbonyl (C=O) groups is 1. The zero-order valence-electron chi connectivity index (χ0n) is 15.4. The molecule has 0 aliphatic carbocycles. The summed E-state index contributed by atoms with van der Waals surface area (Å²) in [5.74, 6) is -0.0742. The molecule has 1 aliphatic rings. The van der Waals surface area contributed by atoms with Crippen LogP contribution in [0.5, 0.6) is 0 Å². The first-order valence-electron chi connectivity index (χ1n) is 8.59. The smallest absolute Gasteiger partial charge is 0.264 e. The van der Waals surface area contributed by atoms with Crippen molar-refractivity contribution in [2.24, 2.45) is 0 Å². The fraction of sp³-hybridized carbons (Fsp3) is 0.389. The summed E-state index contributed by atoms with van der Waals surface area (Å²) in [7, 11) is -1.10. The van der Waals surface area contributed by atoms with Gasteiger partial charge in [-0.1, -0.05) is 10.5 Å². The van der Waals surface area contributed by atoms with Crippen molar-refractivity contribution in [3.05, 3.63) is 52.2 Å². The number of amides is 1. The van der Waals surface area contributed by atoms with E-state index in [4.69, 9.17) is 4.84 Å². The Morgan fingerprint density at radius 1 is 1.15 bits per heavy atom. The Morgan fingerprint density at radius 2 is 1.81 bits per heavy atom. The highest BCUT2D eigenvalue weighted by molar-refractivity contribution is 7.89. The molecule has 1 aliphatic heterocycles. The fourth-order valence-electron chi connectivity index (χ4n) is 2.93. The second kappa shape index (κ2) is 8.49. The van der Waals surface area contributed by atoms with Crippen molar-refractivity contribution < 1.29 is 18.0 Å². The first-order valence-corrected chi connectivity index (χ1v) is 10.9. The summed E-state index contributed by atoms with van der Waals surface area (Å²) >= 11 is 1.74. The highest BCUT2D eigenvalue weighted by atomic mass is 32.2. The average Bonchev–Trinajstić information content (AvgIpc) is 3.20. The van der Waals surface area contributed by atoms with Gasteiger partial charge in [0.05, 0.1) is 12.0 Å². The Balaban J connectivity index is 1.60. The number of benzene rings is 1. The summed E-state index contributed by atoms with van der Waals surface area (Å²) in [6.45, 7) is 3.90. The summed E-state index contributed by atoms with van der Waals surface area (Å²) in [5.41, 5.74) is 0.487. The molecule has 2 aromatic rings. The van der Waals surface area contributed by atoms with Crippen LogP contribution < -0.4 is 0 Å². The third-order valence-corrected chi connectivity index (χ3v) is 7.17. The number of sulfonamides is 1. The third-order valence-electron chi connectivity index (χ3n) is 4.61. The molecule has 9 heteroatoms. The highest BCUT2D eigenvalue weighted by Gasteiger charge is 2.24. The molecule has 1 saturated heterocycles. The second-order valence-electron chi connectivity index (χ2n) is 6.27. The van der Waals surface area contributed by atoms with Crippen LogP contribution >= 0.6 is 11.3 Å². The van der Waals surface area contributed by atoms with Crippen LogP contribution in [-0.4, -0.2) is 68.9 Å². The lowest BCUT2D eigenvalue weighted by Crippen LogP contribution is -2.48. The molecule has 1 aromatic carbocycles. The molecular weight excluding hydrogens is 386 g/mol. The number of hydroxylamine groups is 1. The zero-order chi connectivity index (χ0) is 19.4. The summed E-state index contributed by atoms with van der Waals surface area (Å²) in [6, 6.07) is 10.1. The second-order valence-corrected chi connectivity index (χ2v) is 9.24. The van der Waals surface area contributed by atoms with E-state index >= 15 is 0 Å². The van der Waals surface area contributed by atoms with Gasteiger partial charge in [-0.25, -0.2) is 8.42 Å². The highest BCUT2D eigenvalue weighted by Crippen LogP contribution is 2.18. The van der Waals surface area contributed by atoms with Crippen LogP contribution in [0, 0.1) is 0 Å². The summed E-state index contributed by atoms with van der Waals surface area (Å²) in [4.78, 5) is 23.0. The van der Waals surface area contributed by atoms with Crippen LogP contribution in [0.15, 0.2) is 46.7 Å². The van der Waals surface area contributed by atoms with E-state index in [0.717, 1.165) is 24.1 Å². The van der Waals surface area contributed by atoms with Crippen molar-refractivity contribution in [3.8, 4) is 0 Å². The van der Waals surface area contributed by atoms with Crippen molar-refractivity contribution >= 4 is 27.3 Å². The van der Waals surface area contributed by atoms with Crippen LogP contribution in [0.25, 0.3) is 0 Å². The van der Waals surface area contributed by atoms with Crippen molar-refractivity contribution in [2.75, 3.05) is 40.3 Å². The summed E-state index contributed by atoms with van der Waals surface area (Å²) < 4.78 is 25.2. The Bertz CT molecular complexity index is 859. The predicted molar refractivity (Wildman–Crippen MR) is 104 cm³/mol. The minimum atomic E-state index is -3.71. The maximum absolute atomic E-state index is 12.7. The lowest BCUT2D eigenvalue weighted by atomic mass is 10.2. The number of rotatable bonds is 6. The summed E-state index contributed by atoms with van der Waals surface area (Å²) in [5, 5.41) is 2.07. The molecule has 1 aromatic heterocycles.